The van der Waals surface area contributed by atoms with Crippen LogP contribution < -0.4 is 10.1 Å². The molecule has 1 heterocycles. The maximum absolute atomic E-state index is 12.1. The summed E-state index contributed by atoms with van der Waals surface area (Å²) in [5.74, 6) is 1.07. The van der Waals surface area contributed by atoms with Crippen molar-refractivity contribution in [3.05, 3.63) is 28.7 Å². The quantitative estimate of drug-likeness (QED) is 0.802. The van der Waals surface area contributed by atoms with Gasteiger partial charge in [-0.2, -0.15) is 0 Å². The molecule has 1 N–H and O–H groups in total. The standard InChI is InChI=1S/C15H21BrN2O2.ClH/c1-12-11-17-7-8-18(12)15(19)6-3-9-20-14-5-2-4-13(16)10-14;/h2,4-5,10,12,17H,3,6-9,11H2,1H3;1H. The van der Waals surface area contributed by atoms with E-state index in [2.05, 4.69) is 28.2 Å². The van der Waals surface area contributed by atoms with Gasteiger partial charge in [-0.05, 0) is 31.5 Å². The number of hydrogen-bond acceptors (Lipinski definition) is 3. The number of piperazine rings is 1. The SMILES string of the molecule is CC1CNCCN1C(=O)CCCOc1cccc(Br)c1.Cl. The van der Waals surface area contributed by atoms with Gasteiger partial charge >= 0.3 is 0 Å². The predicted octanol–water partition coefficient (Wildman–Crippen LogP) is 2.85. The fourth-order valence-electron chi connectivity index (χ4n) is 2.33. The number of carbonyl (C=O) groups excluding carboxylic acids is 1. The Morgan fingerprint density at radius 3 is 3.05 bits per heavy atom. The summed E-state index contributed by atoms with van der Waals surface area (Å²) in [6.07, 6.45) is 1.31. The van der Waals surface area contributed by atoms with Gasteiger partial charge in [0.25, 0.3) is 0 Å². The highest BCUT2D eigenvalue weighted by molar-refractivity contribution is 9.10. The topological polar surface area (TPSA) is 41.6 Å². The maximum atomic E-state index is 12.1. The largest absolute Gasteiger partial charge is 0.494 e. The molecule has 1 saturated heterocycles. The number of nitrogens with zero attached hydrogens (tertiary/aromatic N) is 1. The normalized spacial score (nSPS) is 18.0. The Morgan fingerprint density at radius 2 is 2.33 bits per heavy atom. The van der Waals surface area contributed by atoms with Crippen LogP contribution in [0.25, 0.3) is 0 Å². The van der Waals surface area contributed by atoms with E-state index in [1.165, 1.54) is 0 Å². The van der Waals surface area contributed by atoms with Crippen LogP contribution >= 0.6 is 28.3 Å². The molecule has 6 heteroatoms. The Kier molecular flexibility index (Phi) is 8.07. The second-order valence-electron chi connectivity index (χ2n) is 5.05. The van der Waals surface area contributed by atoms with Crippen LogP contribution in [0.2, 0.25) is 0 Å². The third-order valence-electron chi connectivity index (χ3n) is 3.42. The van der Waals surface area contributed by atoms with Crippen LogP contribution in [0.3, 0.4) is 0 Å². The van der Waals surface area contributed by atoms with Crippen LogP contribution in [0.5, 0.6) is 5.75 Å². The smallest absolute Gasteiger partial charge is 0.223 e. The van der Waals surface area contributed by atoms with Crippen molar-refractivity contribution < 1.29 is 9.53 Å². The molecule has 0 saturated carbocycles. The summed E-state index contributed by atoms with van der Waals surface area (Å²) in [4.78, 5) is 14.1. The molecule has 2 rings (SSSR count). The number of nitrogens with one attached hydrogen (secondary N) is 1. The first-order valence-corrected chi connectivity index (χ1v) is 7.84. The lowest BCUT2D eigenvalue weighted by molar-refractivity contribution is -0.134. The molecular weight excluding hydrogens is 356 g/mol. The molecular formula is C15H22BrClN2O2. The van der Waals surface area contributed by atoms with Crippen molar-refractivity contribution >= 4 is 34.2 Å². The minimum Gasteiger partial charge on any atom is -0.494 e. The van der Waals surface area contributed by atoms with Crippen LogP contribution in [0.4, 0.5) is 0 Å². The number of benzene rings is 1. The highest BCUT2D eigenvalue weighted by atomic mass is 79.9. The zero-order valence-corrected chi connectivity index (χ0v) is 14.6. The summed E-state index contributed by atoms with van der Waals surface area (Å²) >= 11 is 3.41. The molecule has 21 heavy (non-hydrogen) atoms. The highest BCUT2D eigenvalue weighted by Gasteiger charge is 2.22. The average Bonchev–Trinajstić information content (AvgIpc) is 2.44. The summed E-state index contributed by atoms with van der Waals surface area (Å²) in [5, 5.41) is 3.29. The zero-order valence-electron chi connectivity index (χ0n) is 12.2. The average molecular weight is 378 g/mol. The first-order chi connectivity index (χ1) is 9.66. The van der Waals surface area contributed by atoms with Crippen LogP contribution in [0, 0.1) is 0 Å². The molecule has 1 aliphatic heterocycles. The lowest BCUT2D eigenvalue weighted by Gasteiger charge is -2.34. The maximum Gasteiger partial charge on any atom is 0.223 e. The van der Waals surface area contributed by atoms with Crippen molar-refractivity contribution in [3.8, 4) is 5.75 Å². The van der Waals surface area contributed by atoms with E-state index in [1.807, 2.05) is 29.2 Å². The molecule has 0 aliphatic carbocycles. The molecule has 4 nitrogen and oxygen atoms in total. The molecule has 1 fully saturated rings. The molecule has 0 spiro atoms. The van der Waals surface area contributed by atoms with Crippen molar-refractivity contribution in [1.82, 2.24) is 10.2 Å². The fourth-order valence-corrected chi connectivity index (χ4v) is 2.70. The van der Waals surface area contributed by atoms with Crippen LogP contribution in [-0.4, -0.2) is 43.1 Å². The van der Waals surface area contributed by atoms with Gasteiger partial charge < -0.3 is 15.0 Å². The fraction of sp³-hybridized carbons (Fsp3) is 0.533. The minimum absolute atomic E-state index is 0. The van der Waals surface area contributed by atoms with E-state index in [1.54, 1.807) is 0 Å². The van der Waals surface area contributed by atoms with Crippen LogP contribution in [0.15, 0.2) is 28.7 Å². The minimum atomic E-state index is 0. The van der Waals surface area contributed by atoms with Crippen LogP contribution in [-0.2, 0) is 4.79 Å². The number of hydrogen-bond donors (Lipinski definition) is 1. The molecule has 0 bridgehead atoms. The van der Waals surface area contributed by atoms with Gasteiger partial charge in [-0.15, -0.1) is 12.4 Å². The monoisotopic (exact) mass is 376 g/mol. The van der Waals surface area contributed by atoms with E-state index in [4.69, 9.17) is 4.74 Å². The van der Waals surface area contributed by atoms with E-state index >= 15 is 0 Å². The Hall–Kier alpha value is -0.780. The Balaban J connectivity index is 0.00000220. The predicted molar refractivity (Wildman–Crippen MR) is 90.2 cm³/mol. The molecule has 0 aromatic heterocycles. The Labute approximate surface area is 140 Å². The summed E-state index contributed by atoms with van der Waals surface area (Å²) in [6.45, 7) is 5.25. The Bertz CT molecular complexity index is 459. The number of ether oxygens (including phenoxy) is 1. The van der Waals surface area contributed by atoms with Gasteiger partial charge in [0.05, 0.1) is 6.61 Å². The van der Waals surface area contributed by atoms with Crippen molar-refractivity contribution in [2.24, 2.45) is 0 Å². The van der Waals surface area contributed by atoms with Crippen molar-refractivity contribution in [2.75, 3.05) is 26.2 Å². The van der Waals surface area contributed by atoms with Crippen LogP contribution in [0.1, 0.15) is 19.8 Å². The van der Waals surface area contributed by atoms with E-state index < -0.39 is 0 Å². The van der Waals surface area contributed by atoms with Crippen molar-refractivity contribution in [3.63, 3.8) is 0 Å². The van der Waals surface area contributed by atoms with E-state index in [0.29, 0.717) is 19.1 Å². The lowest BCUT2D eigenvalue weighted by atomic mass is 10.2. The molecule has 1 aromatic rings. The molecule has 1 amide bonds. The molecule has 1 aromatic carbocycles. The number of carbonyl (C=O) groups is 1. The molecule has 0 radical (unpaired) electrons. The Morgan fingerprint density at radius 1 is 1.52 bits per heavy atom. The van der Waals surface area contributed by atoms with Gasteiger partial charge in [-0.1, -0.05) is 22.0 Å². The molecule has 1 unspecified atom stereocenters. The van der Waals surface area contributed by atoms with Gasteiger partial charge in [-0.25, -0.2) is 0 Å². The van der Waals surface area contributed by atoms with E-state index in [9.17, 15) is 4.79 Å². The van der Waals surface area contributed by atoms with Gasteiger partial charge in [0, 0.05) is 36.6 Å². The third-order valence-corrected chi connectivity index (χ3v) is 3.91. The second kappa shape index (κ2) is 9.28. The summed E-state index contributed by atoms with van der Waals surface area (Å²) in [6, 6.07) is 8.04. The third kappa shape index (κ3) is 5.85. The molecule has 1 atom stereocenters. The lowest BCUT2D eigenvalue weighted by Crippen LogP contribution is -2.52. The van der Waals surface area contributed by atoms with E-state index in [-0.39, 0.29) is 18.3 Å². The number of halogens is 2. The molecule has 1 aliphatic rings. The van der Waals surface area contributed by atoms with Gasteiger partial charge in [0.2, 0.25) is 5.91 Å². The first-order valence-electron chi connectivity index (χ1n) is 7.05. The summed E-state index contributed by atoms with van der Waals surface area (Å²) < 4.78 is 6.64. The molecule has 118 valence electrons. The van der Waals surface area contributed by atoms with Crippen molar-refractivity contribution in [1.29, 1.82) is 0 Å². The number of amides is 1. The second-order valence-corrected chi connectivity index (χ2v) is 5.97. The zero-order chi connectivity index (χ0) is 14.4. The highest BCUT2D eigenvalue weighted by Crippen LogP contribution is 2.18. The number of rotatable bonds is 5. The van der Waals surface area contributed by atoms with Gasteiger partial charge in [0.1, 0.15) is 5.75 Å². The van der Waals surface area contributed by atoms with Gasteiger partial charge in [0.15, 0.2) is 0 Å². The van der Waals surface area contributed by atoms with Gasteiger partial charge in [-0.3, -0.25) is 4.79 Å². The summed E-state index contributed by atoms with van der Waals surface area (Å²) in [5.41, 5.74) is 0. The van der Waals surface area contributed by atoms with E-state index in [0.717, 1.165) is 36.3 Å². The van der Waals surface area contributed by atoms with Crippen molar-refractivity contribution in [2.45, 2.75) is 25.8 Å². The summed E-state index contributed by atoms with van der Waals surface area (Å²) in [7, 11) is 0. The first kappa shape index (κ1) is 18.3.